The lowest BCUT2D eigenvalue weighted by atomic mass is 10.1. The third-order valence-corrected chi connectivity index (χ3v) is 5.33. The van der Waals surface area contributed by atoms with Crippen molar-refractivity contribution in [3.8, 4) is 5.69 Å². The van der Waals surface area contributed by atoms with Gasteiger partial charge in [0, 0.05) is 13.0 Å². The molecule has 0 spiro atoms. The number of aryl methyl sites for hydroxylation is 2. The van der Waals surface area contributed by atoms with E-state index in [1.165, 1.54) is 22.9 Å². The van der Waals surface area contributed by atoms with Gasteiger partial charge in [0.1, 0.15) is 5.82 Å². The minimum atomic E-state index is 0.0200. The molecule has 0 saturated heterocycles. The zero-order valence-electron chi connectivity index (χ0n) is 16.6. The van der Waals surface area contributed by atoms with Gasteiger partial charge in [0.2, 0.25) is 5.91 Å². The van der Waals surface area contributed by atoms with Crippen LogP contribution in [0.2, 0.25) is 0 Å². The number of nitrogens with one attached hydrogen (secondary N) is 1. The molecule has 3 rings (SSSR count). The number of hydrogen-bond acceptors (Lipinski definition) is 4. The molecule has 0 atom stereocenters. The zero-order valence-corrected chi connectivity index (χ0v) is 17.4. The normalized spacial score (nSPS) is 10.8. The fraction of sp³-hybridized carbons (Fsp3) is 0.318. The van der Waals surface area contributed by atoms with Crippen LogP contribution in [-0.2, 0) is 11.2 Å². The summed E-state index contributed by atoms with van der Waals surface area (Å²) in [6, 6.07) is 16.6. The van der Waals surface area contributed by atoms with Gasteiger partial charge in [0.25, 0.3) is 0 Å². The van der Waals surface area contributed by atoms with E-state index in [9.17, 15) is 4.79 Å². The Morgan fingerprint density at radius 1 is 1.11 bits per heavy atom. The van der Waals surface area contributed by atoms with E-state index >= 15 is 0 Å². The predicted molar refractivity (Wildman–Crippen MR) is 114 cm³/mol. The SMILES string of the molecule is CCCNC(=O)CSc1nnc(Cc2ccccc2)n1-c1ccc(C)cc1C. The number of amides is 1. The zero-order chi connectivity index (χ0) is 19.9. The van der Waals surface area contributed by atoms with Crippen molar-refractivity contribution in [2.24, 2.45) is 0 Å². The highest BCUT2D eigenvalue weighted by Gasteiger charge is 2.17. The third kappa shape index (κ3) is 5.01. The molecule has 5 nitrogen and oxygen atoms in total. The second-order valence-electron chi connectivity index (χ2n) is 6.83. The van der Waals surface area contributed by atoms with E-state index < -0.39 is 0 Å². The summed E-state index contributed by atoms with van der Waals surface area (Å²) >= 11 is 1.42. The second-order valence-corrected chi connectivity index (χ2v) is 7.77. The van der Waals surface area contributed by atoms with E-state index in [4.69, 9.17) is 0 Å². The predicted octanol–water partition coefficient (Wildman–Crippen LogP) is 4.09. The van der Waals surface area contributed by atoms with Crippen LogP contribution in [0.15, 0.2) is 53.7 Å². The Labute approximate surface area is 170 Å². The van der Waals surface area contributed by atoms with E-state index in [0.29, 0.717) is 18.7 Å². The number of thioether (sulfide) groups is 1. The van der Waals surface area contributed by atoms with Crippen LogP contribution >= 0.6 is 11.8 Å². The van der Waals surface area contributed by atoms with E-state index in [2.05, 4.69) is 64.3 Å². The van der Waals surface area contributed by atoms with Crippen LogP contribution in [0.3, 0.4) is 0 Å². The molecule has 146 valence electrons. The van der Waals surface area contributed by atoms with Gasteiger partial charge in [0.05, 0.1) is 11.4 Å². The van der Waals surface area contributed by atoms with Gasteiger partial charge < -0.3 is 5.32 Å². The van der Waals surface area contributed by atoms with Crippen LogP contribution in [0.1, 0.15) is 35.9 Å². The van der Waals surface area contributed by atoms with E-state index in [0.717, 1.165) is 28.7 Å². The smallest absolute Gasteiger partial charge is 0.230 e. The maximum absolute atomic E-state index is 12.0. The molecule has 1 N–H and O–H groups in total. The molecule has 0 aliphatic carbocycles. The molecule has 0 saturated carbocycles. The highest BCUT2D eigenvalue weighted by molar-refractivity contribution is 7.99. The first-order valence-corrected chi connectivity index (χ1v) is 10.5. The van der Waals surface area contributed by atoms with Gasteiger partial charge in [-0.3, -0.25) is 9.36 Å². The molecule has 2 aromatic carbocycles. The van der Waals surface area contributed by atoms with Crippen molar-refractivity contribution < 1.29 is 4.79 Å². The van der Waals surface area contributed by atoms with Gasteiger partial charge in [0.15, 0.2) is 5.16 Å². The average Bonchev–Trinajstić information content (AvgIpc) is 3.08. The first kappa shape index (κ1) is 20.1. The maximum Gasteiger partial charge on any atom is 0.230 e. The highest BCUT2D eigenvalue weighted by atomic mass is 32.2. The molecular weight excluding hydrogens is 368 g/mol. The van der Waals surface area contributed by atoms with Crippen LogP contribution in [0.25, 0.3) is 5.69 Å². The molecule has 0 fully saturated rings. The molecular formula is C22H26N4OS. The van der Waals surface area contributed by atoms with E-state index in [-0.39, 0.29) is 5.91 Å². The first-order chi connectivity index (χ1) is 13.6. The summed E-state index contributed by atoms with van der Waals surface area (Å²) < 4.78 is 2.08. The molecule has 6 heteroatoms. The lowest BCUT2D eigenvalue weighted by molar-refractivity contribution is -0.118. The topological polar surface area (TPSA) is 59.8 Å². The van der Waals surface area contributed by atoms with Crippen molar-refractivity contribution in [2.45, 2.75) is 38.8 Å². The lowest BCUT2D eigenvalue weighted by Gasteiger charge is -2.13. The summed E-state index contributed by atoms with van der Waals surface area (Å²) in [5.74, 6) is 1.22. The van der Waals surface area contributed by atoms with Crippen LogP contribution in [0.4, 0.5) is 0 Å². The van der Waals surface area contributed by atoms with Crippen molar-refractivity contribution in [1.82, 2.24) is 20.1 Å². The van der Waals surface area contributed by atoms with Gasteiger partial charge in [-0.2, -0.15) is 0 Å². The van der Waals surface area contributed by atoms with Crippen LogP contribution in [0, 0.1) is 13.8 Å². The largest absolute Gasteiger partial charge is 0.355 e. The lowest BCUT2D eigenvalue weighted by Crippen LogP contribution is -2.25. The minimum Gasteiger partial charge on any atom is -0.355 e. The molecule has 1 aromatic heterocycles. The third-order valence-electron chi connectivity index (χ3n) is 4.40. The molecule has 0 radical (unpaired) electrons. The summed E-state index contributed by atoms with van der Waals surface area (Å²) in [5.41, 5.74) is 4.61. The summed E-state index contributed by atoms with van der Waals surface area (Å²) in [6.07, 6.45) is 1.61. The number of aromatic nitrogens is 3. The number of rotatable bonds is 8. The van der Waals surface area contributed by atoms with E-state index in [1.54, 1.807) is 0 Å². The Morgan fingerprint density at radius 3 is 2.61 bits per heavy atom. The Morgan fingerprint density at radius 2 is 1.89 bits per heavy atom. The van der Waals surface area contributed by atoms with Crippen LogP contribution < -0.4 is 5.32 Å². The first-order valence-electron chi connectivity index (χ1n) is 9.53. The van der Waals surface area contributed by atoms with E-state index in [1.807, 2.05) is 25.1 Å². The van der Waals surface area contributed by atoms with Gasteiger partial charge in [-0.1, -0.05) is 66.7 Å². The Kier molecular flexibility index (Phi) is 6.87. The summed E-state index contributed by atoms with van der Waals surface area (Å²) in [6.45, 7) is 6.92. The Balaban J connectivity index is 1.92. The van der Waals surface area contributed by atoms with Gasteiger partial charge in [-0.05, 0) is 37.5 Å². The number of carbonyl (C=O) groups is 1. The van der Waals surface area contributed by atoms with Crippen molar-refractivity contribution in [3.63, 3.8) is 0 Å². The number of carbonyl (C=O) groups excluding carboxylic acids is 1. The quantitative estimate of drug-likeness (QED) is 0.585. The number of nitrogens with zero attached hydrogens (tertiary/aromatic N) is 3. The maximum atomic E-state index is 12.0. The molecule has 0 bridgehead atoms. The molecule has 3 aromatic rings. The Hall–Kier alpha value is -2.60. The summed E-state index contributed by atoms with van der Waals surface area (Å²) in [4.78, 5) is 12.0. The van der Waals surface area contributed by atoms with Gasteiger partial charge in [-0.15, -0.1) is 10.2 Å². The fourth-order valence-electron chi connectivity index (χ4n) is 3.03. The monoisotopic (exact) mass is 394 g/mol. The standard InChI is InChI=1S/C22H26N4OS/c1-4-12-23-21(27)15-28-22-25-24-20(14-18-8-6-5-7-9-18)26(22)19-11-10-16(2)13-17(19)3/h5-11,13H,4,12,14-15H2,1-3H3,(H,23,27). The molecule has 0 aliphatic heterocycles. The van der Waals surface area contributed by atoms with Crippen molar-refractivity contribution in [1.29, 1.82) is 0 Å². The average molecular weight is 395 g/mol. The molecule has 0 unspecified atom stereocenters. The minimum absolute atomic E-state index is 0.0200. The molecule has 0 aliphatic rings. The Bertz CT molecular complexity index is 937. The van der Waals surface area contributed by atoms with Crippen LogP contribution in [0.5, 0.6) is 0 Å². The van der Waals surface area contributed by atoms with Crippen molar-refractivity contribution >= 4 is 17.7 Å². The molecule has 28 heavy (non-hydrogen) atoms. The number of hydrogen-bond donors (Lipinski definition) is 1. The fourth-order valence-corrected chi connectivity index (χ4v) is 3.82. The summed E-state index contributed by atoms with van der Waals surface area (Å²) in [7, 11) is 0. The van der Waals surface area contributed by atoms with Gasteiger partial charge in [-0.25, -0.2) is 0 Å². The van der Waals surface area contributed by atoms with Crippen molar-refractivity contribution in [3.05, 3.63) is 71.0 Å². The van der Waals surface area contributed by atoms with Crippen molar-refractivity contribution in [2.75, 3.05) is 12.3 Å². The second kappa shape index (κ2) is 9.55. The van der Waals surface area contributed by atoms with Gasteiger partial charge >= 0.3 is 0 Å². The van der Waals surface area contributed by atoms with Crippen LogP contribution in [-0.4, -0.2) is 33.0 Å². The summed E-state index contributed by atoms with van der Waals surface area (Å²) in [5, 5.41) is 12.5. The molecule has 1 amide bonds. The number of benzene rings is 2. The molecule has 1 heterocycles. The highest BCUT2D eigenvalue weighted by Crippen LogP contribution is 2.26.